The molecule has 3 N–H and O–H groups in total. The zero-order valence-corrected chi connectivity index (χ0v) is 12.9. The first kappa shape index (κ1) is 19.9. The van der Waals surface area contributed by atoms with E-state index in [0.717, 1.165) is 18.2 Å². The highest BCUT2D eigenvalue weighted by Crippen LogP contribution is 2.37. The third-order valence-corrected chi connectivity index (χ3v) is 3.22. The number of hydrogen-bond donors (Lipinski definition) is 3. The first-order valence-corrected chi connectivity index (χ1v) is 7.18. The summed E-state index contributed by atoms with van der Waals surface area (Å²) in [4.78, 5) is 0. The molecular formula is C16H13F6NO3. The first-order chi connectivity index (χ1) is 12.1. The van der Waals surface area contributed by atoms with Crippen LogP contribution in [0.3, 0.4) is 0 Å². The summed E-state index contributed by atoms with van der Waals surface area (Å²) in [5.41, 5.74) is -1.54. The van der Waals surface area contributed by atoms with Gasteiger partial charge in [0.25, 0.3) is 0 Å². The maximum atomic E-state index is 13.9. The Kier molecular flexibility index (Phi) is 5.98. The maximum absolute atomic E-state index is 13.9. The van der Waals surface area contributed by atoms with Gasteiger partial charge in [-0.2, -0.15) is 13.2 Å². The molecule has 0 amide bonds. The topological polar surface area (TPSA) is 61.7 Å². The monoisotopic (exact) mass is 381 g/mol. The van der Waals surface area contributed by atoms with Crippen LogP contribution >= 0.6 is 0 Å². The molecular weight excluding hydrogens is 368 g/mol. The first-order valence-electron chi connectivity index (χ1n) is 7.18. The number of ether oxygens (including phenoxy) is 1. The second kappa shape index (κ2) is 7.83. The molecule has 0 bridgehead atoms. The molecule has 0 heterocycles. The average Bonchev–Trinajstić information content (AvgIpc) is 2.55. The Morgan fingerprint density at radius 3 is 2.19 bits per heavy atom. The molecule has 0 radical (unpaired) electrons. The Bertz CT molecular complexity index is 758. The van der Waals surface area contributed by atoms with E-state index in [4.69, 9.17) is 9.84 Å². The number of halogens is 6. The number of anilines is 1. The summed E-state index contributed by atoms with van der Waals surface area (Å²) >= 11 is 0. The van der Waals surface area contributed by atoms with Crippen LogP contribution in [0.4, 0.5) is 32.0 Å². The quantitative estimate of drug-likeness (QED) is 0.668. The van der Waals surface area contributed by atoms with Crippen LogP contribution in [-0.4, -0.2) is 29.5 Å². The highest BCUT2D eigenvalue weighted by Gasteiger charge is 2.33. The van der Waals surface area contributed by atoms with Gasteiger partial charge in [-0.25, -0.2) is 13.2 Å². The lowest BCUT2D eigenvalue weighted by Crippen LogP contribution is -2.23. The smallest absolute Gasteiger partial charge is 0.416 e. The molecule has 2 aromatic rings. The second-order valence-corrected chi connectivity index (χ2v) is 5.23. The molecule has 1 atom stereocenters. The maximum Gasteiger partial charge on any atom is 0.416 e. The molecule has 0 aliphatic rings. The van der Waals surface area contributed by atoms with Gasteiger partial charge in [0.1, 0.15) is 5.82 Å². The van der Waals surface area contributed by atoms with Crippen molar-refractivity contribution in [1.29, 1.82) is 0 Å². The number of aliphatic hydroxyl groups excluding tert-OH is 2. The Hall–Kier alpha value is -2.46. The van der Waals surface area contributed by atoms with Crippen LogP contribution in [0.5, 0.6) is 11.5 Å². The van der Waals surface area contributed by atoms with Crippen molar-refractivity contribution < 1.29 is 41.3 Å². The molecule has 10 heteroatoms. The molecule has 2 rings (SSSR count). The van der Waals surface area contributed by atoms with Crippen molar-refractivity contribution >= 4 is 5.69 Å². The van der Waals surface area contributed by atoms with Crippen molar-refractivity contribution in [3.63, 3.8) is 0 Å². The summed E-state index contributed by atoms with van der Waals surface area (Å²) in [7, 11) is 0. The van der Waals surface area contributed by atoms with Gasteiger partial charge in [0.2, 0.25) is 0 Å². The zero-order valence-electron chi connectivity index (χ0n) is 12.9. The van der Waals surface area contributed by atoms with Gasteiger partial charge in [0, 0.05) is 12.6 Å². The third-order valence-electron chi connectivity index (χ3n) is 3.22. The lowest BCUT2D eigenvalue weighted by Gasteiger charge is -2.16. The fourth-order valence-corrected chi connectivity index (χ4v) is 1.95. The molecule has 0 aliphatic carbocycles. The minimum absolute atomic E-state index is 0.00222. The molecule has 142 valence electrons. The Balaban J connectivity index is 2.34. The summed E-state index contributed by atoms with van der Waals surface area (Å²) in [5.74, 6) is -5.64. The van der Waals surface area contributed by atoms with E-state index in [-0.39, 0.29) is 24.4 Å². The van der Waals surface area contributed by atoms with Crippen molar-refractivity contribution in [2.45, 2.75) is 12.3 Å². The van der Waals surface area contributed by atoms with Gasteiger partial charge in [-0.3, -0.25) is 0 Å². The van der Waals surface area contributed by atoms with Gasteiger partial charge < -0.3 is 20.3 Å². The second-order valence-electron chi connectivity index (χ2n) is 5.23. The zero-order chi connectivity index (χ0) is 19.5. The molecule has 4 nitrogen and oxygen atoms in total. The van der Waals surface area contributed by atoms with Crippen LogP contribution in [-0.2, 0) is 6.18 Å². The summed E-state index contributed by atoms with van der Waals surface area (Å²) in [6, 6.07) is 2.99. The number of aliphatic hydroxyl groups is 2. The van der Waals surface area contributed by atoms with E-state index in [2.05, 4.69) is 5.32 Å². The van der Waals surface area contributed by atoms with Gasteiger partial charge in [0.15, 0.2) is 23.1 Å². The normalized spacial score (nSPS) is 12.8. The molecule has 2 aromatic carbocycles. The van der Waals surface area contributed by atoms with Gasteiger partial charge in [-0.05, 0) is 24.3 Å². The number of benzene rings is 2. The molecule has 0 saturated heterocycles. The van der Waals surface area contributed by atoms with E-state index in [0.29, 0.717) is 0 Å². The van der Waals surface area contributed by atoms with Crippen LogP contribution in [0.2, 0.25) is 0 Å². The molecule has 0 saturated carbocycles. The van der Waals surface area contributed by atoms with E-state index >= 15 is 0 Å². The minimum Gasteiger partial charge on any atom is -0.449 e. The summed E-state index contributed by atoms with van der Waals surface area (Å²) in [6.07, 6.45) is -6.13. The minimum atomic E-state index is -4.95. The van der Waals surface area contributed by atoms with E-state index < -0.39 is 53.4 Å². The average molecular weight is 381 g/mol. The van der Waals surface area contributed by atoms with Crippen LogP contribution in [0.1, 0.15) is 5.56 Å². The van der Waals surface area contributed by atoms with Gasteiger partial charge >= 0.3 is 6.18 Å². The summed E-state index contributed by atoms with van der Waals surface area (Å²) < 4.78 is 83.7. The molecule has 0 aromatic heterocycles. The van der Waals surface area contributed by atoms with E-state index in [1.54, 1.807) is 0 Å². The van der Waals surface area contributed by atoms with Crippen molar-refractivity contribution in [2.24, 2.45) is 0 Å². The van der Waals surface area contributed by atoms with Gasteiger partial charge in [-0.1, -0.05) is 0 Å². The predicted octanol–water partition coefficient (Wildman–Crippen LogP) is 3.68. The number of rotatable bonds is 6. The SMILES string of the molecule is OCC(O)CNc1ccc(F)cc1Oc1c(F)cc(C(F)(F)F)cc1F. The largest absolute Gasteiger partial charge is 0.449 e. The lowest BCUT2D eigenvalue weighted by atomic mass is 10.2. The van der Waals surface area contributed by atoms with E-state index in [1.807, 2.05) is 0 Å². The fourth-order valence-electron chi connectivity index (χ4n) is 1.95. The van der Waals surface area contributed by atoms with Gasteiger partial charge in [0.05, 0.1) is 24.0 Å². The molecule has 26 heavy (non-hydrogen) atoms. The van der Waals surface area contributed by atoms with Crippen LogP contribution < -0.4 is 10.1 Å². The van der Waals surface area contributed by atoms with E-state index in [9.17, 15) is 31.4 Å². The fraction of sp³-hybridized carbons (Fsp3) is 0.250. The van der Waals surface area contributed by atoms with Crippen molar-refractivity contribution in [3.8, 4) is 11.5 Å². The van der Waals surface area contributed by atoms with Crippen LogP contribution in [0.15, 0.2) is 30.3 Å². The lowest BCUT2D eigenvalue weighted by molar-refractivity contribution is -0.138. The van der Waals surface area contributed by atoms with Crippen LogP contribution in [0.25, 0.3) is 0 Å². The Morgan fingerprint density at radius 2 is 1.65 bits per heavy atom. The van der Waals surface area contributed by atoms with Crippen molar-refractivity contribution in [2.75, 3.05) is 18.5 Å². The number of alkyl halides is 3. The third kappa shape index (κ3) is 4.79. The van der Waals surface area contributed by atoms with Crippen molar-refractivity contribution in [1.82, 2.24) is 0 Å². The molecule has 0 aliphatic heterocycles. The van der Waals surface area contributed by atoms with E-state index in [1.165, 1.54) is 0 Å². The summed E-state index contributed by atoms with van der Waals surface area (Å²) in [5, 5.41) is 20.6. The molecule has 1 unspecified atom stereocenters. The Labute approximate surface area is 143 Å². The number of nitrogens with one attached hydrogen (secondary N) is 1. The highest BCUT2D eigenvalue weighted by atomic mass is 19.4. The predicted molar refractivity (Wildman–Crippen MR) is 79.4 cm³/mol. The van der Waals surface area contributed by atoms with Crippen molar-refractivity contribution in [3.05, 3.63) is 53.3 Å². The standard InChI is InChI=1S/C16H13F6NO3/c17-9-1-2-13(23-6-10(25)7-24)14(5-9)26-15-11(18)3-8(4-12(15)19)16(20,21)22/h1-5,10,23-25H,6-7H2. The number of hydrogen-bond acceptors (Lipinski definition) is 4. The van der Waals surface area contributed by atoms with Gasteiger partial charge in [-0.15, -0.1) is 0 Å². The highest BCUT2D eigenvalue weighted by molar-refractivity contribution is 5.58. The summed E-state index contributed by atoms with van der Waals surface area (Å²) in [6.45, 7) is -0.775. The molecule has 0 fully saturated rings. The Morgan fingerprint density at radius 1 is 1.04 bits per heavy atom. The van der Waals surface area contributed by atoms with Crippen LogP contribution in [0, 0.1) is 17.5 Å². The molecule has 0 spiro atoms.